The Bertz CT molecular complexity index is 1030. The number of nitrogens with one attached hydrogen (secondary N) is 1. The number of rotatable bonds is 7. The van der Waals surface area contributed by atoms with E-state index in [1.165, 1.54) is 4.90 Å². The Balaban J connectivity index is 1.48. The second-order valence-electron chi connectivity index (χ2n) is 11.4. The maximum Gasteiger partial charge on any atom is 0.255 e. The zero-order chi connectivity index (χ0) is 26.9. The van der Waals surface area contributed by atoms with E-state index in [-0.39, 0.29) is 36.0 Å². The van der Waals surface area contributed by atoms with Gasteiger partial charge in [0, 0.05) is 31.9 Å². The van der Waals surface area contributed by atoms with Gasteiger partial charge >= 0.3 is 0 Å². The molecule has 1 aromatic rings. The molecule has 3 atom stereocenters. The van der Waals surface area contributed by atoms with E-state index >= 15 is 0 Å². The predicted octanol–water partition coefficient (Wildman–Crippen LogP) is 1.97. The van der Waals surface area contributed by atoms with E-state index in [4.69, 9.17) is 0 Å². The van der Waals surface area contributed by atoms with Gasteiger partial charge in [-0.3, -0.25) is 19.2 Å². The molecule has 0 spiro atoms. The van der Waals surface area contributed by atoms with Crippen molar-refractivity contribution in [3.63, 3.8) is 0 Å². The smallest absolute Gasteiger partial charge is 0.255 e. The topological polar surface area (TPSA) is 110 Å². The number of Topliss-reactive ketones (excluding diaryl/α,β-unsaturated/α-hetero) is 1. The van der Waals surface area contributed by atoms with E-state index in [9.17, 15) is 24.3 Å². The van der Waals surface area contributed by atoms with E-state index in [0.717, 1.165) is 24.9 Å². The highest BCUT2D eigenvalue weighted by molar-refractivity contribution is 6.01. The number of ketones is 1. The highest BCUT2D eigenvalue weighted by Crippen LogP contribution is 2.36. The Morgan fingerprint density at radius 2 is 1.73 bits per heavy atom. The van der Waals surface area contributed by atoms with Gasteiger partial charge in [0.2, 0.25) is 5.91 Å². The first-order valence-corrected chi connectivity index (χ1v) is 13.5. The number of carbonyl (C=O) groups excluding carboxylic acids is 4. The van der Waals surface area contributed by atoms with Gasteiger partial charge in [-0.2, -0.15) is 0 Å². The van der Waals surface area contributed by atoms with Crippen LogP contribution in [0.25, 0.3) is 0 Å². The van der Waals surface area contributed by atoms with Crippen molar-refractivity contribution < 1.29 is 24.3 Å². The summed E-state index contributed by atoms with van der Waals surface area (Å²) < 4.78 is 0. The number of hydrogen-bond acceptors (Lipinski definition) is 6. The highest BCUT2D eigenvalue weighted by atomic mass is 16.3. The molecule has 3 fully saturated rings. The van der Waals surface area contributed by atoms with Crippen LogP contribution in [-0.2, 0) is 14.4 Å². The standard InChI is InChI=1S/C28H40N4O5/c1-18(2)16-21(29-25(34)19-8-10-20(11-9-19)30(3)4)26(35)31-15-12-22-24(31)23(33)17-32(22)27(36)28(37)13-6-5-7-14-28/h8-11,18,21-22,24,37H,5-7,12-17H2,1-4H3,(H,29,34). The lowest BCUT2D eigenvalue weighted by molar-refractivity contribution is -0.156. The third-order valence-corrected chi connectivity index (χ3v) is 8.00. The average molecular weight is 513 g/mol. The summed E-state index contributed by atoms with van der Waals surface area (Å²) in [7, 11) is 3.84. The van der Waals surface area contributed by atoms with Crippen LogP contribution in [0.1, 0.15) is 69.2 Å². The lowest BCUT2D eigenvalue weighted by Gasteiger charge is -2.36. The Kier molecular flexibility index (Phi) is 7.92. The molecule has 3 unspecified atom stereocenters. The van der Waals surface area contributed by atoms with Crippen LogP contribution in [-0.4, -0.2) is 89.3 Å². The summed E-state index contributed by atoms with van der Waals surface area (Å²) in [6.45, 7) is 4.22. The molecule has 37 heavy (non-hydrogen) atoms. The zero-order valence-corrected chi connectivity index (χ0v) is 22.4. The molecule has 2 N–H and O–H groups in total. The fraction of sp³-hybridized carbons (Fsp3) is 0.643. The summed E-state index contributed by atoms with van der Waals surface area (Å²) in [5, 5.41) is 13.9. The van der Waals surface area contributed by atoms with Crippen LogP contribution in [0.3, 0.4) is 0 Å². The summed E-state index contributed by atoms with van der Waals surface area (Å²) in [5.41, 5.74) is 0.00769. The third-order valence-electron chi connectivity index (χ3n) is 8.00. The molecule has 9 nitrogen and oxygen atoms in total. The number of hydrogen-bond donors (Lipinski definition) is 2. The largest absolute Gasteiger partial charge is 0.380 e. The highest BCUT2D eigenvalue weighted by Gasteiger charge is 2.55. The first-order chi connectivity index (χ1) is 17.5. The van der Waals surface area contributed by atoms with Crippen molar-refractivity contribution in [2.24, 2.45) is 5.92 Å². The second-order valence-corrected chi connectivity index (χ2v) is 11.4. The number of anilines is 1. The molecule has 3 aliphatic rings. The van der Waals surface area contributed by atoms with Gasteiger partial charge in [0.25, 0.3) is 11.8 Å². The van der Waals surface area contributed by atoms with E-state index in [2.05, 4.69) is 5.32 Å². The third kappa shape index (κ3) is 5.51. The number of likely N-dealkylation sites (tertiary alicyclic amines) is 2. The summed E-state index contributed by atoms with van der Waals surface area (Å²) in [6, 6.07) is 5.23. The molecule has 0 radical (unpaired) electrons. The fourth-order valence-corrected chi connectivity index (χ4v) is 6.00. The van der Waals surface area contributed by atoms with Gasteiger partial charge in [-0.15, -0.1) is 0 Å². The quantitative estimate of drug-likeness (QED) is 0.578. The molecule has 2 saturated heterocycles. The molecule has 0 bridgehead atoms. The van der Waals surface area contributed by atoms with Crippen LogP contribution in [0.2, 0.25) is 0 Å². The molecule has 1 aliphatic carbocycles. The molecule has 3 amide bonds. The first-order valence-electron chi connectivity index (χ1n) is 13.5. The predicted molar refractivity (Wildman–Crippen MR) is 140 cm³/mol. The Hall–Kier alpha value is -2.94. The maximum atomic E-state index is 13.7. The minimum absolute atomic E-state index is 0.0836. The minimum Gasteiger partial charge on any atom is -0.380 e. The van der Waals surface area contributed by atoms with Gasteiger partial charge < -0.3 is 25.1 Å². The summed E-state index contributed by atoms with van der Waals surface area (Å²) in [6.07, 6.45) is 4.31. The van der Waals surface area contributed by atoms with Crippen molar-refractivity contribution in [2.45, 2.75) is 82.5 Å². The van der Waals surface area contributed by atoms with Crippen LogP contribution >= 0.6 is 0 Å². The minimum atomic E-state index is -1.42. The van der Waals surface area contributed by atoms with Crippen LogP contribution in [0.4, 0.5) is 5.69 Å². The lowest BCUT2D eigenvalue weighted by atomic mass is 9.83. The number of amides is 3. The van der Waals surface area contributed by atoms with E-state index in [1.807, 2.05) is 45.0 Å². The zero-order valence-electron chi connectivity index (χ0n) is 22.4. The van der Waals surface area contributed by atoms with Gasteiger partial charge in [-0.05, 0) is 55.9 Å². The van der Waals surface area contributed by atoms with Gasteiger partial charge in [0.05, 0.1) is 12.6 Å². The molecule has 0 aromatic heterocycles. The number of aliphatic hydroxyl groups is 1. The van der Waals surface area contributed by atoms with Gasteiger partial charge in [-0.25, -0.2) is 0 Å². The molecule has 1 aromatic carbocycles. The van der Waals surface area contributed by atoms with E-state index in [0.29, 0.717) is 37.8 Å². The number of nitrogens with zero attached hydrogens (tertiary/aromatic N) is 3. The Labute approximate surface area is 219 Å². The summed E-state index contributed by atoms with van der Waals surface area (Å²) >= 11 is 0. The first kappa shape index (κ1) is 27.1. The van der Waals surface area contributed by atoms with Crippen LogP contribution in [0.5, 0.6) is 0 Å². The second kappa shape index (κ2) is 10.8. The van der Waals surface area contributed by atoms with Gasteiger partial charge in [0.15, 0.2) is 5.78 Å². The van der Waals surface area contributed by atoms with Crippen molar-refractivity contribution in [3.8, 4) is 0 Å². The molecule has 2 aliphatic heterocycles. The van der Waals surface area contributed by atoms with Crippen molar-refractivity contribution in [2.75, 3.05) is 32.1 Å². The van der Waals surface area contributed by atoms with Crippen LogP contribution in [0, 0.1) is 5.92 Å². The maximum absolute atomic E-state index is 13.7. The van der Waals surface area contributed by atoms with E-state index in [1.54, 1.807) is 17.0 Å². The fourth-order valence-electron chi connectivity index (χ4n) is 6.00. The Morgan fingerprint density at radius 3 is 2.32 bits per heavy atom. The van der Waals surface area contributed by atoms with Crippen molar-refractivity contribution in [3.05, 3.63) is 29.8 Å². The van der Waals surface area contributed by atoms with E-state index < -0.39 is 23.7 Å². The molecule has 9 heteroatoms. The molecule has 202 valence electrons. The van der Waals surface area contributed by atoms with Crippen molar-refractivity contribution in [1.82, 2.24) is 15.1 Å². The summed E-state index contributed by atoms with van der Waals surface area (Å²) in [4.78, 5) is 58.1. The molecule has 2 heterocycles. The summed E-state index contributed by atoms with van der Waals surface area (Å²) in [5.74, 6) is -1.05. The molecule has 1 saturated carbocycles. The number of benzene rings is 1. The number of carbonyl (C=O) groups is 4. The van der Waals surface area contributed by atoms with Crippen molar-refractivity contribution >= 4 is 29.2 Å². The SMILES string of the molecule is CC(C)CC(NC(=O)c1ccc(N(C)C)cc1)C(=O)N1CCC2C1C(=O)CN2C(=O)C1(O)CCCCC1. The average Bonchev–Trinajstić information content (AvgIpc) is 3.44. The lowest BCUT2D eigenvalue weighted by Crippen LogP contribution is -2.54. The van der Waals surface area contributed by atoms with Crippen LogP contribution < -0.4 is 10.2 Å². The van der Waals surface area contributed by atoms with Crippen LogP contribution in [0.15, 0.2) is 24.3 Å². The molecule has 4 rings (SSSR count). The van der Waals surface area contributed by atoms with Gasteiger partial charge in [-0.1, -0.05) is 33.1 Å². The monoisotopic (exact) mass is 512 g/mol. The molecular weight excluding hydrogens is 472 g/mol. The molecular formula is C28H40N4O5. The Morgan fingerprint density at radius 1 is 1.08 bits per heavy atom. The number of fused-ring (bicyclic) bond motifs is 1. The normalized spacial score (nSPS) is 23.7. The van der Waals surface area contributed by atoms with Gasteiger partial charge in [0.1, 0.15) is 17.7 Å². The van der Waals surface area contributed by atoms with Crippen molar-refractivity contribution in [1.29, 1.82) is 0 Å².